The minimum atomic E-state index is -4.22. The number of hydrogen-bond donors (Lipinski definition) is 2. The number of nitrogens with zero attached hydrogens (tertiary/aromatic N) is 1. The van der Waals surface area contributed by atoms with E-state index in [1.807, 2.05) is 19.0 Å². The molecule has 0 radical (unpaired) electrons. The lowest BCUT2D eigenvalue weighted by atomic mass is 10.1. The Bertz CT molecular complexity index is 1590. The number of sulfone groups is 1. The van der Waals surface area contributed by atoms with Gasteiger partial charge in [0.2, 0.25) is 9.84 Å². The van der Waals surface area contributed by atoms with E-state index in [0.29, 0.717) is 6.54 Å². The molecular weight excluding hydrogens is 476 g/mol. The molecule has 1 amide bonds. The van der Waals surface area contributed by atoms with Crippen LogP contribution in [0.2, 0.25) is 0 Å². The summed E-state index contributed by atoms with van der Waals surface area (Å²) >= 11 is 0. The molecule has 0 aliphatic rings. The van der Waals surface area contributed by atoms with Crippen molar-refractivity contribution in [3.63, 3.8) is 0 Å². The number of aromatic nitrogens is 1. The zero-order valence-electron chi connectivity index (χ0n) is 18.8. The highest BCUT2D eigenvalue weighted by atomic mass is 32.2. The highest BCUT2D eigenvalue weighted by molar-refractivity contribution is 7.91. The van der Waals surface area contributed by atoms with Crippen LogP contribution in [-0.2, 0) is 16.4 Å². The van der Waals surface area contributed by atoms with Crippen molar-refractivity contribution in [2.24, 2.45) is 0 Å². The number of benzene rings is 3. The summed E-state index contributed by atoms with van der Waals surface area (Å²) in [5.41, 5.74) is -0.536. The van der Waals surface area contributed by atoms with Crippen molar-refractivity contribution in [1.82, 2.24) is 9.88 Å². The van der Waals surface area contributed by atoms with Crippen LogP contribution in [0.5, 0.6) is 0 Å². The number of fused-ring (bicyclic) bond motifs is 1. The molecule has 1 aromatic heterocycles. The number of carbonyl (C=O) groups is 1. The molecule has 0 atom stereocenters. The van der Waals surface area contributed by atoms with Crippen molar-refractivity contribution >= 4 is 32.3 Å². The van der Waals surface area contributed by atoms with Crippen LogP contribution in [0.15, 0.2) is 81.4 Å². The van der Waals surface area contributed by atoms with Gasteiger partial charge in [-0.05, 0) is 56.1 Å². The van der Waals surface area contributed by atoms with Crippen LogP contribution in [0.25, 0.3) is 10.9 Å². The van der Waals surface area contributed by atoms with Crippen molar-refractivity contribution in [3.8, 4) is 0 Å². The quantitative estimate of drug-likeness (QED) is 0.420. The second-order valence-corrected chi connectivity index (χ2v) is 10.1. The van der Waals surface area contributed by atoms with Crippen molar-refractivity contribution < 1.29 is 22.0 Å². The Morgan fingerprint density at radius 1 is 1.00 bits per heavy atom. The molecule has 0 bridgehead atoms. The maximum Gasteiger partial charge on any atom is 0.261 e. The molecular formula is C25H21F2N3O4S. The summed E-state index contributed by atoms with van der Waals surface area (Å²) in [6, 6.07) is 12.9. The number of aromatic amines is 1. The summed E-state index contributed by atoms with van der Waals surface area (Å²) < 4.78 is 55.5. The van der Waals surface area contributed by atoms with E-state index >= 15 is 0 Å². The molecule has 35 heavy (non-hydrogen) atoms. The molecule has 4 rings (SSSR count). The number of rotatable bonds is 6. The van der Waals surface area contributed by atoms with Gasteiger partial charge in [-0.25, -0.2) is 17.2 Å². The first-order valence-corrected chi connectivity index (χ1v) is 12.0. The topological polar surface area (TPSA) is 99.3 Å². The number of hydrogen-bond acceptors (Lipinski definition) is 5. The Hall–Kier alpha value is -3.89. The number of amides is 1. The normalized spacial score (nSPS) is 11.7. The van der Waals surface area contributed by atoms with Gasteiger partial charge in [-0.2, -0.15) is 0 Å². The van der Waals surface area contributed by atoms with E-state index in [1.54, 1.807) is 12.1 Å². The number of pyridine rings is 1. The van der Waals surface area contributed by atoms with E-state index in [0.717, 1.165) is 29.8 Å². The highest BCUT2D eigenvalue weighted by Gasteiger charge is 2.25. The summed E-state index contributed by atoms with van der Waals surface area (Å²) in [5, 5.41) is 2.24. The molecule has 0 spiro atoms. The van der Waals surface area contributed by atoms with Crippen LogP contribution in [-0.4, -0.2) is 38.3 Å². The van der Waals surface area contributed by atoms with Gasteiger partial charge in [0.05, 0.1) is 20.7 Å². The summed E-state index contributed by atoms with van der Waals surface area (Å²) in [5.74, 6) is -3.24. The first kappa shape index (κ1) is 24.2. The third kappa shape index (κ3) is 4.84. The van der Waals surface area contributed by atoms with E-state index in [-0.39, 0.29) is 26.4 Å². The Morgan fingerprint density at radius 2 is 1.69 bits per heavy atom. The largest absolute Gasteiger partial charge is 0.361 e. The number of nitrogens with one attached hydrogen (secondary N) is 2. The minimum absolute atomic E-state index is 0.0370. The van der Waals surface area contributed by atoms with E-state index in [4.69, 9.17) is 0 Å². The Labute approximate surface area is 199 Å². The van der Waals surface area contributed by atoms with Crippen molar-refractivity contribution in [2.75, 3.05) is 19.4 Å². The predicted octanol–water partition coefficient (Wildman–Crippen LogP) is 3.95. The Kier molecular flexibility index (Phi) is 6.51. The van der Waals surface area contributed by atoms with Gasteiger partial charge in [0.1, 0.15) is 17.2 Å². The molecule has 0 aliphatic carbocycles. The molecule has 0 aliphatic heterocycles. The third-order valence-corrected chi connectivity index (χ3v) is 7.04. The van der Waals surface area contributed by atoms with Gasteiger partial charge in [-0.3, -0.25) is 9.59 Å². The van der Waals surface area contributed by atoms with Crippen LogP contribution < -0.4 is 10.7 Å². The van der Waals surface area contributed by atoms with Gasteiger partial charge in [0, 0.05) is 24.5 Å². The van der Waals surface area contributed by atoms with Gasteiger partial charge < -0.3 is 15.2 Å². The fourth-order valence-electron chi connectivity index (χ4n) is 3.77. The molecule has 3 aromatic carbocycles. The van der Waals surface area contributed by atoms with Crippen LogP contribution in [0, 0.1) is 11.6 Å². The number of carbonyl (C=O) groups excluding carboxylic acids is 1. The smallest absolute Gasteiger partial charge is 0.261 e. The van der Waals surface area contributed by atoms with Crippen molar-refractivity contribution in [1.29, 1.82) is 0 Å². The van der Waals surface area contributed by atoms with Crippen LogP contribution >= 0.6 is 0 Å². The predicted molar refractivity (Wildman–Crippen MR) is 128 cm³/mol. The second-order valence-electron chi connectivity index (χ2n) is 8.18. The zero-order valence-corrected chi connectivity index (χ0v) is 19.6. The first-order chi connectivity index (χ1) is 16.6. The number of halogens is 2. The average molecular weight is 498 g/mol. The van der Waals surface area contributed by atoms with Crippen LogP contribution in [0.4, 0.5) is 14.5 Å². The summed E-state index contributed by atoms with van der Waals surface area (Å²) in [6.07, 6.45) is 1.33. The monoisotopic (exact) mass is 497 g/mol. The average Bonchev–Trinajstić information content (AvgIpc) is 2.78. The molecule has 7 nitrogen and oxygen atoms in total. The fraction of sp³-hybridized carbons (Fsp3) is 0.120. The molecule has 0 fully saturated rings. The lowest BCUT2D eigenvalue weighted by Gasteiger charge is -2.14. The molecule has 180 valence electrons. The Morgan fingerprint density at radius 3 is 2.37 bits per heavy atom. The molecule has 10 heteroatoms. The van der Waals surface area contributed by atoms with E-state index in [2.05, 4.69) is 10.3 Å². The van der Waals surface area contributed by atoms with Crippen LogP contribution in [0.1, 0.15) is 15.9 Å². The van der Waals surface area contributed by atoms with Gasteiger partial charge in [0.15, 0.2) is 5.43 Å². The maximum absolute atomic E-state index is 14.1. The van der Waals surface area contributed by atoms with Gasteiger partial charge in [-0.15, -0.1) is 0 Å². The molecule has 0 saturated heterocycles. The fourth-order valence-corrected chi connectivity index (χ4v) is 5.35. The molecule has 1 heterocycles. The van der Waals surface area contributed by atoms with E-state index in [9.17, 15) is 26.8 Å². The van der Waals surface area contributed by atoms with E-state index < -0.39 is 38.4 Å². The SMILES string of the molecule is CN(C)Cc1cccc(S(=O)(=O)c2cc(NC(=O)c3c(F)cccc3F)cc3[nH]ccc(=O)c23)c1. The summed E-state index contributed by atoms with van der Waals surface area (Å²) in [4.78, 5) is 29.6. The summed E-state index contributed by atoms with van der Waals surface area (Å²) in [7, 11) is -0.532. The van der Waals surface area contributed by atoms with Gasteiger partial charge in [0.25, 0.3) is 5.91 Å². The third-order valence-electron chi connectivity index (χ3n) is 5.27. The number of H-pyrrole nitrogens is 1. The van der Waals surface area contributed by atoms with Crippen LogP contribution in [0.3, 0.4) is 0 Å². The Balaban J connectivity index is 1.87. The van der Waals surface area contributed by atoms with Gasteiger partial charge in [-0.1, -0.05) is 18.2 Å². The molecule has 0 saturated carbocycles. The summed E-state index contributed by atoms with van der Waals surface area (Å²) in [6.45, 7) is 0.495. The molecule has 4 aromatic rings. The van der Waals surface area contributed by atoms with Crippen molar-refractivity contribution in [3.05, 3.63) is 99.8 Å². The number of anilines is 1. The standard InChI is InChI=1S/C25H21F2N3O4S/c1-30(2)14-15-5-3-6-17(11-15)35(33,34)22-13-16(12-20-24(22)21(31)9-10-28-20)29-25(32)23-18(26)7-4-8-19(23)27/h3-13H,14H2,1-2H3,(H,28,31)(H,29,32). The molecule has 2 N–H and O–H groups in total. The van der Waals surface area contributed by atoms with E-state index in [1.165, 1.54) is 30.5 Å². The minimum Gasteiger partial charge on any atom is -0.361 e. The maximum atomic E-state index is 14.1. The lowest BCUT2D eigenvalue weighted by Crippen LogP contribution is -2.17. The second kappa shape index (κ2) is 9.40. The highest BCUT2D eigenvalue weighted by Crippen LogP contribution is 2.30. The first-order valence-electron chi connectivity index (χ1n) is 10.5. The van der Waals surface area contributed by atoms with Gasteiger partial charge >= 0.3 is 0 Å². The zero-order chi connectivity index (χ0) is 25.3. The lowest BCUT2D eigenvalue weighted by molar-refractivity contribution is 0.101. The molecule has 0 unspecified atom stereocenters. The van der Waals surface area contributed by atoms with Crippen molar-refractivity contribution in [2.45, 2.75) is 16.3 Å².